The average Bonchev–Trinajstić information content (AvgIpc) is 3.27. The zero-order valence-electron chi connectivity index (χ0n) is 20.1. The van der Waals surface area contributed by atoms with E-state index in [4.69, 9.17) is 9.47 Å². The smallest absolute Gasteiger partial charge is 0.325 e. The summed E-state index contributed by atoms with van der Waals surface area (Å²) in [7, 11) is -0.986. The third kappa shape index (κ3) is 6.25. The molecular formula is C24H28FN5O5S. The van der Waals surface area contributed by atoms with Gasteiger partial charge in [-0.2, -0.15) is 4.31 Å². The van der Waals surface area contributed by atoms with Crippen molar-refractivity contribution in [2.24, 2.45) is 0 Å². The number of hydrogen-bond donors (Lipinski definition) is 0. The largest absolute Gasteiger partial charge is 0.497 e. The van der Waals surface area contributed by atoms with Crippen molar-refractivity contribution in [3.8, 4) is 5.75 Å². The molecular weight excluding hydrogens is 489 g/mol. The summed E-state index contributed by atoms with van der Waals surface area (Å²) in [5.74, 6) is -0.445. The van der Waals surface area contributed by atoms with Crippen molar-refractivity contribution in [1.29, 1.82) is 0 Å². The maximum atomic E-state index is 13.3. The number of carbonyl (C=O) groups is 1. The lowest BCUT2D eigenvalue weighted by atomic mass is 10.2. The van der Waals surface area contributed by atoms with Gasteiger partial charge in [0.05, 0.1) is 45.0 Å². The van der Waals surface area contributed by atoms with Gasteiger partial charge in [0.2, 0.25) is 10.0 Å². The minimum Gasteiger partial charge on any atom is -0.497 e. The summed E-state index contributed by atoms with van der Waals surface area (Å²) in [6, 6.07) is 12.4. The molecule has 1 aliphatic heterocycles. The van der Waals surface area contributed by atoms with Crippen LogP contribution >= 0.6 is 0 Å². The van der Waals surface area contributed by atoms with E-state index >= 15 is 0 Å². The molecule has 3 aromatic rings. The lowest BCUT2D eigenvalue weighted by Gasteiger charge is -2.28. The fraction of sp³-hybridized carbons (Fsp3) is 0.375. The van der Waals surface area contributed by atoms with E-state index in [1.807, 2.05) is 29.2 Å². The Morgan fingerprint density at radius 2 is 1.69 bits per heavy atom. The van der Waals surface area contributed by atoms with Crippen LogP contribution in [0.5, 0.6) is 5.75 Å². The Bertz CT molecular complexity index is 1280. The fourth-order valence-electron chi connectivity index (χ4n) is 4.08. The number of methoxy groups -OCH3 is 2. The standard InChI is InChI=1S/C24H28FN5O5S/c1-34-22-9-5-19(6-10-22)14-29-15-21(26-27-29)16-30-23(24(31)35-2)17-28(11-12-36(30,32)33)13-18-3-7-20(25)8-4-18/h3-10,15,23H,11-14,16-17H2,1-2H3. The van der Waals surface area contributed by atoms with Crippen LogP contribution in [0.3, 0.4) is 0 Å². The molecule has 0 bridgehead atoms. The molecule has 12 heteroatoms. The quantitative estimate of drug-likeness (QED) is 0.416. The number of carbonyl (C=O) groups excluding carboxylic acids is 1. The second-order valence-electron chi connectivity index (χ2n) is 8.52. The second kappa shape index (κ2) is 11.1. The molecule has 2 heterocycles. The summed E-state index contributed by atoms with van der Waals surface area (Å²) in [5.41, 5.74) is 2.19. The third-order valence-corrected chi connectivity index (χ3v) is 7.80. The predicted molar refractivity (Wildman–Crippen MR) is 129 cm³/mol. The first-order valence-electron chi connectivity index (χ1n) is 11.3. The van der Waals surface area contributed by atoms with Crippen molar-refractivity contribution in [3.05, 3.63) is 77.4 Å². The molecule has 2 aromatic carbocycles. The van der Waals surface area contributed by atoms with Crippen LogP contribution < -0.4 is 4.74 Å². The normalized spacial score (nSPS) is 18.5. The monoisotopic (exact) mass is 517 g/mol. The van der Waals surface area contributed by atoms with Crippen LogP contribution in [0, 0.1) is 5.82 Å². The van der Waals surface area contributed by atoms with E-state index in [1.165, 1.54) is 19.2 Å². The van der Waals surface area contributed by atoms with Crippen molar-refractivity contribution in [1.82, 2.24) is 24.2 Å². The Morgan fingerprint density at radius 3 is 2.36 bits per heavy atom. The van der Waals surface area contributed by atoms with Crippen LogP contribution in [-0.2, 0) is 39.2 Å². The van der Waals surface area contributed by atoms with Crippen molar-refractivity contribution in [2.75, 3.05) is 33.1 Å². The summed E-state index contributed by atoms with van der Waals surface area (Å²) < 4.78 is 52.6. The van der Waals surface area contributed by atoms with Crippen molar-refractivity contribution >= 4 is 16.0 Å². The molecule has 1 aromatic heterocycles. The van der Waals surface area contributed by atoms with E-state index in [2.05, 4.69) is 10.3 Å². The topological polar surface area (TPSA) is 107 Å². The van der Waals surface area contributed by atoms with E-state index < -0.39 is 22.0 Å². The molecule has 192 valence electrons. The van der Waals surface area contributed by atoms with Crippen molar-refractivity contribution in [3.63, 3.8) is 0 Å². The Balaban J connectivity index is 1.51. The highest BCUT2D eigenvalue weighted by molar-refractivity contribution is 7.89. The first kappa shape index (κ1) is 25.7. The van der Waals surface area contributed by atoms with Crippen molar-refractivity contribution < 1.29 is 27.1 Å². The number of sulfonamides is 1. The lowest BCUT2D eigenvalue weighted by Crippen LogP contribution is -2.48. The molecule has 0 radical (unpaired) electrons. The number of ether oxygens (including phenoxy) is 2. The predicted octanol–water partition coefficient (Wildman–Crippen LogP) is 1.66. The first-order chi connectivity index (χ1) is 17.3. The molecule has 36 heavy (non-hydrogen) atoms. The number of esters is 1. The summed E-state index contributed by atoms with van der Waals surface area (Å²) in [4.78, 5) is 14.5. The van der Waals surface area contributed by atoms with Gasteiger partial charge in [0.15, 0.2) is 0 Å². The Kier molecular flexibility index (Phi) is 7.97. The molecule has 1 aliphatic rings. The van der Waals surface area contributed by atoms with Gasteiger partial charge in [-0.3, -0.25) is 9.69 Å². The molecule has 0 aliphatic carbocycles. The molecule has 1 unspecified atom stereocenters. The van der Waals surface area contributed by atoms with Gasteiger partial charge >= 0.3 is 5.97 Å². The van der Waals surface area contributed by atoms with Crippen LogP contribution in [0.25, 0.3) is 0 Å². The molecule has 1 atom stereocenters. The summed E-state index contributed by atoms with van der Waals surface area (Å²) in [6.07, 6.45) is 1.66. The number of nitrogens with zero attached hydrogens (tertiary/aromatic N) is 5. The van der Waals surface area contributed by atoms with E-state index in [0.29, 0.717) is 18.8 Å². The van der Waals surface area contributed by atoms with Gasteiger partial charge < -0.3 is 9.47 Å². The van der Waals surface area contributed by atoms with Gasteiger partial charge in [-0.15, -0.1) is 5.10 Å². The van der Waals surface area contributed by atoms with Crippen LogP contribution in [0.1, 0.15) is 16.8 Å². The maximum Gasteiger partial charge on any atom is 0.325 e. The van der Waals surface area contributed by atoms with E-state index in [1.54, 1.807) is 30.1 Å². The molecule has 1 fully saturated rings. The van der Waals surface area contributed by atoms with Crippen LogP contribution in [0.2, 0.25) is 0 Å². The number of aromatic nitrogens is 3. The van der Waals surface area contributed by atoms with Gasteiger partial charge in [-0.1, -0.05) is 29.5 Å². The molecule has 10 nitrogen and oxygen atoms in total. The highest BCUT2D eigenvalue weighted by Gasteiger charge is 2.40. The Labute approximate surface area is 209 Å². The lowest BCUT2D eigenvalue weighted by molar-refractivity contribution is -0.145. The Morgan fingerprint density at radius 1 is 1.03 bits per heavy atom. The summed E-state index contributed by atoms with van der Waals surface area (Å²) >= 11 is 0. The van der Waals surface area contributed by atoms with Crippen LogP contribution in [0.15, 0.2) is 54.7 Å². The summed E-state index contributed by atoms with van der Waals surface area (Å²) in [5, 5.41) is 8.25. The van der Waals surface area contributed by atoms with Gasteiger partial charge in [-0.05, 0) is 35.4 Å². The number of halogens is 1. The first-order valence-corrected chi connectivity index (χ1v) is 12.9. The molecule has 1 saturated heterocycles. The zero-order valence-corrected chi connectivity index (χ0v) is 20.9. The minimum absolute atomic E-state index is 0.116. The van der Waals surface area contributed by atoms with E-state index in [9.17, 15) is 17.6 Å². The Hall–Kier alpha value is -3.35. The number of rotatable bonds is 8. The van der Waals surface area contributed by atoms with E-state index in [0.717, 1.165) is 21.2 Å². The molecule has 0 N–H and O–H groups in total. The number of benzene rings is 2. The van der Waals surface area contributed by atoms with Gasteiger partial charge in [0.1, 0.15) is 17.6 Å². The molecule has 0 amide bonds. The minimum atomic E-state index is -3.81. The fourth-order valence-corrected chi connectivity index (χ4v) is 5.67. The number of hydrogen-bond acceptors (Lipinski definition) is 8. The summed E-state index contributed by atoms with van der Waals surface area (Å²) in [6.45, 7) is 1.04. The highest BCUT2D eigenvalue weighted by Crippen LogP contribution is 2.21. The van der Waals surface area contributed by atoms with Gasteiger partial charge in [0, 0.05) is 19.6 Å². The van der Waals surface area contributed by atoms with Gasteiger partial charge in [0.25, 0.3) is 0 Å². The molecule has 0 spiro atoms. The molecule has 0 saturated carbocycles. The highest BCUT2D eigenvalue weighted by atomic mass is 32.2. The SMILES string of the molecule is COC(=O)C1CN(Cc2ccc(F)cc2)CCS(=O)(=O)N1Cc1cn(Cc2ccc(OC)cc2)nn1. The molecule has 4 rings (SSSR count). The van der Waals surface area contributed by atoms with Crippen LogP contribution in [-0.4, -0.2) is 77.7 Å². The maximum absolute atomic E-state index is 13.3. The third-order valence-electron chi connectivity index (χ3n) is 6.00. The van der Waals surface area contributed by atoms with Crippen LogP contribution in [0.4, 0.5) is 4.39 Å². The second-order valence-corrected chi connectivity index (χ2v) is 10.6. The van der Waals surface area contributed by atoms with E-state index in [-0.39, 0.29) is 31.2 Å². The zero-order chi connectivity index (χ0) is 25.7. The van der Waals surface area contributed by atoms with Gasteiger partial charge in [-0.25, -0.2) is 17.5 Å². The average molecular weight is 518 g/mol. The van der Waals surface area contributed by atoms with Crippen molar-refractivity contribution in [2.45, 2.75) is 25.7 Å².